The van der Waals surface area contributed by atoms with Gasteiger partial charge in [0.1, 0.15) is 11.4 Å². The molecule has 2 aromatic rings. The summed E-state index contributed by atoms with van der Waals surface area (Å²) in [6.45, 7) is 1.77. The number of nitrogens with two attached hydrogens (primary N) is 1. The van der Waals surface area contributed by atoms with Crippen LogP contribution in [-0.2, 0) is 6.42 Å². The molecule has 0 amide bonds. The molecule has 0 aliphatic carbocycles. The molecule has 1 unspecified atom stereocenters. The predicted molar refractivity (Wildman–Crippen MR) is 63.7 cm³/mol. The Kier molecular flexibility index (Phi) is 3.52. The highest BCUT2D eigenvalue weighted by Gasteiger charge is 2.21. The van der Waals surface area contributed by atoms with Gasteiger partial charge in [0.15, 0.2) is 5.82 Å². The molecule has 100 valence electrons. The average molecular weight is 266 g/mol. The summed E-state index contributed by atoms with van der Waals surface area (Å²) in [4.78, 5) is 14.2. The van der Waals surface area contributed by atoms with E-state index in [1.165, 1.54) is 6.07 Å². The van der Waals surface area contributed by atoms with E-state index < -0.39 is 16.4 Å². The van der Waals surface area contributed by atoms with Gasteiger partial charge in [0.05, 0.1) is 11.0 Å². The molecule has 0 aliphatic heterocycles. The van der Waals surface area contributed by atoms with Crippen LogP contribution in [0.1, 0.15) is 12.7 Å². The number of hydrogen-bond acceptors (Lipinski definition) is 6. The van der Waals surface area contributed by atoms with E-state index in [0.29, 0.717) is 12.2 Å². The van der Waals surface area contributed by atoms with Crippen molar-refractivity contribution < 1.29 is 13.8 Å². The molecule has 8 heteroatoms. The van der Waals surface area contributed by atoms with Crippen molar-refractivity contribution >= 4 is 5.69 Å². The van der Waals surface area contributed by atoms with Crippen molar-refractivity contribution in [3.05, 3.63) is 40.0 Å². The molecule has 0 saturated heterocycles. The minimum Gasteiger partial charge on any atom is -0.334 e. The van der Waals surface area contributed by atoms with Crippen molar-refractivity contribution in [1.29, 1.82) is 0 Å². The molecule has 1 atom stereocenters. The van der Waals surface area contributed by atoms with Crippen LogP contribution in [0.15, 0.2) is 22.7 Å². The zero-order valence-electron chi connectivity index (χ0n) is 10.0. The van der Waals surface area contributed by atoms with E-state index in [-0.39, 0.29) is 17.5 Å². The molecule has 0 spiro atoms. The van der Waals surface area contributed by atoms with Crippen molar-refractivity contribution in [3.8, 4) is 11.5 Å². The lowest BCUT2D eigenvalue weighted by molar-refractivity contribution is -0.384. The number of aromatic nitrogens is 2. The van der Waals surface area contributed by atoms with Crippen molar-refractivity contribution in [2.24, 2.45) is 5.73 Å². The van der Waals surface area contributed by atoms with Crippen LogP contribution in [-0.4, -0.2) is 21.1 Å². The topological polar surface area (TPSA) is 108 Å². The van der Waals surface area contributed by atoms with E-state index in [0.717, 1.165) is 12.1 Å². The lowest BCUT2D eigenvalue weighted by atomic mass is 10.1. The molecular weight excluding hydrogens is 255 g/mol. The van der Waals surface area contributed by atoms with Crippen LogP contribution in [0, 0.1) is 15.9 Å². The van der Waals surface area contributed by atoms with Gasteiger partial charge in [-0.1, -0.05) is 5.16 Å². The van der Waals surface area contributed by atoms with Gasteiger partial charge < -0.3 is 10.3 Å². The first kappa shape index (κ1) is 13.1. The summed E-state index contributed by atoms with van der Waals surface area (Å²) in [5.74, 6) is -0.378. The van der Waals surface area contributed by atoms with Gasteiger partial charge in [0, 0.05) is 12.5 Å². The van der Waals surface area contributed by atoms with E-state index in [1.807, 2.05) is 0 Å². The maximum absolute atomic E-state index is 13.0. The Bertz CT molecular complexity index is 612. The predicted octanol–water partition coefficient (Wildman–Crippen LogP) is 1.67. The fraction of sp³-hybridized carbons (Fsp3) is 0.273. The van der Waals surface area contributed by atoms with E-state index >= 15 is 0 Å². The minimum absolute atomic E-state index is 0.0256. The van der Waals surface area contributed by atoms with Crippen LogP contribution in [0.4, 0.5) is 10.1 Å². The number of halogens is 1. The number of hydrogen-bond donors (Lipinski definition) is 1. The molecule has 1 aromatic carbocycles. The van der Waals surface area contributed by atoms with E-state index in [4.69, 9.17) is 10.3 Å². The smallest absolute Gasteiger partial charge is 0.285 e. The highest BCUT2D eigenvalue weighted by molar-refractivity contribution is 5.66. The fourth-order valence-electron chi connectivity index (χ4n) is 1.57. The summed E-state index contributed by atoms with van der Waals surface area (Å²) in [6, 6.07) is 2.98. The maximum atomic E-state index is 13.0. The first-order valence-electron chi connectivity index (χ1n) is 5.50. The summed E-state index contributed by atoms with van der Waals surface area (Å²) >= 11 is 0. The number of nitrogens with zero attached hydrogens (tertiary/aromatic N) is 3. The Morgan fingerprint density at radius 3 is 2.95 bits per heavy atom. The van der Waals surface area contributed by atoms with Crippen molar-refractivity contribution in [3.63, 3.8) is 0 Å². The van der Waals surface area contributed by atoms with Crippen LogP contribution in [0.3, 0.4) is 0 Å². The standard InChI is InChI=1S/C11H11FN4O3/c1-6(13)4-10-14-11(19-15-10)8-3-2-7(12)5-9(8)16(17)18/h2-3,5-6H,4,13H2,1H3. The summed E-state index contributed by atoms with van der Waals surface area (Å²) in [5, 5.41) is 14.5. The zero-order valence-corrected chi connectivity index (χ0v) is 10.0. The third-order valence-electron chi connectivity index (χ3n) is 2.36. The van der Waals surface area contributed by atoms with E-state index in [1.54, 1.807) is 6.92 Å². The second kappa shape index (κ2) is 5.11. The molecule has 19 heavy (non-hydrogen) atoms. The number of nitro benzene ring substituents is 1. The lowest BCUT2D eigenvalue weighted by Crippen LogP contribution is -2.18. The molecule has 0 radical (unpaired) electrons. The van der Waals surface area contributed by atoms with Gasteiger partial charge >= 0.3 is 0 Å². The lowest BCUT2D eigenvalue weighted by Gasteiger charge is -1.98. The largest absolute Gasteiger partial charge is 0.334 e. The van der Waals surface area contributed by atoms with Gasteiger partial charge in [-0.15, -0.1) is 0 Å². The highest BCUT2D eigenvalue weighted by atomic mass is 19.1. The molecule has 7 nitrogen and oxygen atoms in total. The van der Waals surface area contributed by atoms with Gasteiger partial charge in [-0.05, 0) is 19.1 Å². The maximum Gasteiger partial charge on any atom is 0.285 e. The van der Waals surface area contributed by atoms with E-state index in [9.17, 15) is 14.5 Å². The highest BCUT2D eigenvalue weighted by Crippen LogP contribution is 2.29. The number of rotatable bonds is 4. The Hall–Kier alpha value is -2.35. The second-order valence-corrected chi connectivity index (χ2v) is 4.12. The molecule has 2 rings (SSSR count). The van der Waals surface area contributed by atoms with Gasteiger partial charge in [0.25, 0.3) is 11.6 Å². The Morgan fingerprint density at radius 2 is 2.32 bits per heavy atom. The summed E-state index contributed by atoms with van der Waals surface area (Å²) in [6.07, 6.45) is 0.387. The summed E-state index contributed by atoms with van der Waals surface area (Å²) in [7, 11) is 0. The summed E-state index contributed by atoms with van der Waals surface area (Å²) < 4.78 is 18.0. The van der Waals surface area contributed by atoms with Gasteiger partial charge in [-0.2, -0.15) is 4.98 Å². The van der Waals surface area contributed by atoms with Gasteiger partial charge in [-0.25, -0.2) is 4.39 Å². The molecule has 2 N–H and O–H groups in total. The van der Waals surface area contributed by atoms with Gasteiger partial charge in [-0.3, -0.25) is 10.1 Å². The third-order valence-corrected chi connectivity index (χ3v) is 2.36. The molecule has 0 aliphatic rings. The fourth-order valence-corrected chi connectivity index (χ4v) is 1.57. The van der Waals surface area contributed by atoms with E-state index in [2.05, 4.69) is 10.1 Å². The van der Waals surface area contributed by atoms with Crippen LogP contribution in [0.25, 0.3) is 11.5 Å². The van der Waals surface area contributed by atoms with Crippen LogP contribution >= 0.6 is 0 Å². The molecular formula is C11H11FN4O3. The minimum atomic E-state index is -0.703. The molecule has 0 fully saturated rings. The first-order chi connectivity index (χ1) is 8.97. The first-order valence-corrected chi connectivity index (χ1v) is 5.50. The Morgan fingerprint density at radius 1 is 1.58 bits per heavy atom. The average Bonchev–Trinajstić information content (AvgIpc) is 2.76. The SMILES string of the molecule is CC(N)Cc1noc(-c2ccc(F)cc2[N+](=O)[O-])n1. The zero-order chi connectivity index (χ0) is 14.0. The molecule has 1 heterocycles. The number of benzene rings is 1. The monoisotopic (exact) mass is 266 g/mol. The third kappa shape index (κ3) is 2.91. The normalized spacial score (nSPS) is 12.4. The number of nitro groups is 1. The van der Waals surface area contributed by atoms with Crippen molar-refractivity contribution in [1.82, 2.24) is 10.1 Å². The van der Waals surface area contributed by atoms with Crippen molar-refractivity contribution in [2.75, 3.05) is 0 Å². The van der Waals surface area contributed by atoms with Crippen LogP contribution in [0.5, 0.6) is 0 Å². The Labute approximate surface area is 107 Å². The molecule has 1 aromatic heterocycles. The van der Waals surface area contributed by atoms with Crippen LogP contribution in [0.2, 0.25) is 0 Å². The quantitative estimate of drug-likeness (QED) is 0.666. The molecule has 0 saturated carbocycles. The van der Waals surface area contributed by atoms with Crippen molar-refractivity contribution in [2.45, 2.75) is 19.4 Å². The van der Waals surface area contributed by atoms with Crippen LogP contribution < -0.4 is 5.73 Å². The van der Waals surface area contributed by atoms with Gasteiger partial charge in [0.2, 0.25) is 0 Å². The molecule has 0 bridgehead atoms. The Balaban J connectivity index is 2.41. The summed E-state index contributed by atoms with van der Waals surface area (Å²) in [5.41, 5.74) is 5.25. The second-order valence-electron chi connectivity index (χ2n) is 4.12.